The summed E-state index contributed by atoms with van der Waals surface area (Å²) in [6, 6.07) is 0. The molecule has 1 unspecified atom stereocenters. The predicted molar refractivity (Wildman–Crippen MR) is 33.3 cm³/mol. The van der Waals surface area contributed by atoms with Gasteiger partial charge in [0.05, 0.1) is 6.61 Å². The first-order valence-corrected chi connectivity index (χ1v) is 4.72. The molecule has 0 spiro atoms. The van der Waals surface area contributed by atoms with E-state index in [-0.39, 0.29) is 6.61 Å². The Labute approximate surface area is 54.0 Å². The average Bonchev–Trinajstić information content (AvgIpc) is 1.59. The number of thiol groups is 1. The van der Waals surface area contributed by atoms with Crippen LogP contribution in [0, 0.1) is 0 Å². The highest BCUT2D eigenvalue weighted by atomic mass is 32.1. The van der Waals surface area contributed by atoms with Gasteiger partial charge in [0.1, 0.15) is 7.60 Å². The van der Waals surface area contributed by atoms with Crippen LogP contribution in [0.25, 0.3) is 0 Å². The van der Waals surface area contributed by atoms with Gasteiger partial charge in [-0.2, -0.15) is 12.6 Å². The monoisotopic (exact) mass is 155 g/mol. The maximum absolute atomic E-state index is 10.2. The smallest absolute Gasteiger partial charge is 0.131 e. The lowest BCUT2D eigenvalue weighted by Crippen LogP contribution is -2.04. The van der Waals surface area contributed by atoms with Crippen molar-refractivity contribution >= 4 is 20.2 Å². The van der Waals surface area contributed by atoms with E-state index in [1.165, 1.54) is 0 Å². The van der Waals surface area contributed by atoms with Crippen LogP contribution in [0.3, 0.4) is 0 Å². The SMILES string of the molecule is CP(=O)([O-])OCCS. The molecule has 0 aliphatic heterocycles. The third-order valence-electron chi connectivity index (χ3n) is 0.417. The second-order valence-corrected chi connectivity index (χ2v) is 3.58. The Morgan fingerprint density at radius 1 is 1.88 bits per heavy atom. The molecule has 5 heteroatoms. The lowest BCUT2D eigenvalue weighted by molar-refractivity contribution is -0.195. The summed E-state index contributed by atoms with van der Waals surface area (Å²) in [4.78, 5) is 10.2. The fourth-order valence-electron chi connectivity index (χ4n) is 0.207. The van der Waals surface area contributed by atoms with Crippen LogP contribution < -0.4 is 4.89 Å². The molecule has 3 nitrogen and oxygen atoms in total. The molecule has 0 radical (unpaired) electrons. The molecule has 50 valence electrons. The van der Waals surface area contributed by atoms with Crippen molar-refractivity contribution in [2.45, 2.75) is 0 Å². The molecule has 0 bridgehead atoms. The van der Waals surface area contributed by atoms with Crippen LogP contribution in [0.1, 0.15) is 0 Å². The van der Waals surface area contributed by atoms with Crippen LogP contribution in [-0.2, 0) is 9.09 Å². The van der Waals surface area contributed by atoms with Crippen molar-refractivity contribution in [2.75, 3.05) is 19.0 Å². The zero-order chi connectivity index (χ0) is 6.62. The first-order valence-electron chi connectivity index (χ1n) is 2.10. The van der Waals surface area contributed by atoms with Crippen molar-refractivity contribution < 1.29 is 14.0 Å². The van der Waals surface area contributed by atoms with E-state index in [1.807, 2.05) is 0 Å². The first-order chi connectivity index (χ1) is 3.56. The van der Waals surface area contributed by atoms with E-state index in [4.69, 9.17) is 0 Å². The van der Waals surface area contributed by atoms with Gasteiger partial charge in [0.2, 0.25) is 0 Å². The Hall–Kier alpha value is 0.500. The summed E-state index contributed by atoms with van der Waals surface area (Å²) in [5.74, 6) is 0.431. The lowest BCUT2D eigenvalue weighted by atomic mass is 10.9. The summed E-state index contributed by atoms with van der Waals surface area (Å²) in [7, 11) is -3.48. The second kappa shape index (κ2) is 3.51. The van der Waals surface area contributed by atoms with E-state index in [9.17, 15) is 9.46 Å². The minimum absolute atomic E-state index is 0.167. The molecule has 0 saturated carbocycles. The van der Waals surface area contributed by atoms with Gasteiger partial charge in [0, 0.05) is 12.4 Å². The molecule has 0 aromatic rings. The second-order valence-electron chi connectivity index (χ2n) is 1.33. The van der Waals surface area contributed by atoms with Gasteiger partial charge >= 0.3 is 0 Å². The predicted octanol–water partition coefficient (Wildman–Crippen LogP) is 0.116. The van der Waals surface area contributed by atoms with E-state index in [0.717, 1.165) is 6.66 Å². The Balaban J connectivity index is 3.26. The normalized spacial score (nSPS) is 17.9. The molecule has 8 heavy (non-hydrogen) atoms. The standard InChI is InChI=1S/C3H9O3PS/c1-7(4,5)6-2-3-8/h8H,2-3H2,1H3,(H,4,5)/p-1. The molecule has 0 aliphatic carbocycles. The van der Waals surface area contributed by atoms with Gasteiger partial charge in [-0.1, -0.05) is 0 Å². The minimum Gasteiger partial charge on any atom is -0.779 e. The van der Waals surface area contributed by atoms with Crippen molar-refractivity contribution in [1.82, 2.24) is 0 Å². The molecule has 0 aliphatic rings. The van der Waals surface area contributed by atoms with Crippen LogP contribution >= 0.6 is 20.2 Å². The van der Waals surface area contributed by atoms with Crippen LogP contribution in [0.5, 0.6) is 0 Å². The van der Waals surface area contributed by atoms with Crippen LogP contribution in [0.2, 0.25) is 0 Å². The van der Waals surface area contributed by atoms with Gasteiger partial charge in [-0.25, -0.2) is 0 Å². The molecule has 0 saturated heterocycles. The number of rotatable bonds is 3. The van der Waals surface area contributed by atoms with Crippen LogP contribution in [-0.4, -0.2) is 19.0 Å². The molecule has 0 aromatic carbocycles. The quantitative estimate of drug-likeness (QED) is 0.465. The number of hydrogen-bond acceptors (Lipinski definition) is 4. The highest BCUT2D eigenvalue weighted by Crippen LogP contribution is 2.30. The molecule has 0 rings (SSSR count). The molecule has 0 heterocycles. The molecule has 0 fully saturated rings. The van der Waals surface area contributed by atoms with Gasteiger partial charge in [0.25, 0.3) is 0 Å². The minimum atomic E-state index is -3.48. The largest absolute Gasteiger partial charge is 0.779 e. The topological polar surface area (TPSA) is 49.4 Å². The molecular weight excluding hydrogens is 147 g/mol. The number of hydrogen-bond donors (Lipinski definition) is 1. The van der Waals surface area contributed by atoms with Crippen molar-refractivity contribution in [3.8, 4) is 0 Å². The van der Waals surface area contributed by atoms with Crippen LogP contribution in [0.15, 0.2) is 0 Å². The van der Waals surface area contributed by atoms with Crippen molar-refractivity contribution in [3.63, 3.8) is 0 Å². The van der Waals surface area contributed by atoms with Crippen LogP contribution in [0.4, 0.5) is 0 Å². The zero-order valence-corrected chi connectivity index (χ0v) is 6.32. The summed E-state index contributed by atoms with van der Waals surface area (Å²) >= 11 is 3.75. The Morgan fingerprint density at radius 2 is 2.38 bits per heavy atom. The molecule has 0 N–H and O–H groups in total. The third-order valence-corrected chi connectivity index (χ3v) is 1.25. The van der Waals surface area contributed by atoms with E-state index in [1.54, 1.807) is 0 Å². The summed E-state index contributed by atoms with van der Waals surface area (Å²) in [5, 5.41) is 0. The Kier molecular flexibility index (Phi) is 3.73. The van der Waals surface area contributed by atoms with Gasteiger partial charge in [-0.05, 0) is 0 Å². The highest BCUT2D eigenvalue weighted by Gasteiger charge is 1.94. The van der Waals surface area contributed by atoms with Crippen molar-refractivity contribution in [3.05, 3.63) is 0 Å². The maximum Gasteiger partial charge on any atom is 0.131 e. The van der Waals surface area contributed by atoms with E-state index in [0.29, 0.717) is 5.75 Å². The van der Waals surface area contributed by atoms with E-state index in [2.05, 4.69) is 17.2 Å². The zero-order valence-electron chi connectivity index (χ0n) is 4.53. The fraction of sp³-hybridized carbons (Fsp3) is 1.00. The Morgan fingerprint density at radius 3 is 2.50 bits per heavy atom. The molecular formula is C3H8O3PS-. The highest BCUT2D eigenvalue weighted by molar-refractivity contribution is 7.80. The van der Waals surface area contributed by atoms with E-state index < -0.39 is 7.60 Å². The van der Waals surface area contributed by atoms with Gasteiger partial charge in [-0.3, -0.25) is 0 Å². The lowest BCUT2D eigenvalue weighted by Gasteiger charge is -2.16. The third kappa shape index (κ3) is 6.50. The average molecular weight is 155 g/mol. The summed E-state index contributed by atoms with van der Waals surface area (Å²) in [5.41, 5.74) is 0. The van der Waals surface area contributed by atoms with Gasteiger partial charge in [-0.15, -0.1) is 0 Å². The fourth-order valence-corrected chi connectivity index (χ4v) is 0.865. The van der Waals surface area contributed by atoms with Crippen molar-refractivity contribution in [2.24, 2.45) is 0 Å². The summed E-state index contributed by atoms with van der Waals surface area (Å²) in [6.07, 6.45) is 0. The first kappa shape index (κ1) is 8.50. The Bertz CT molecular complexity index is 98.7. The summed E-state index contributed by atoms with van der Waals surface area (Å²) in [6.45, 7) is 1.21. The van der Waals surface area contributed by atoms with Gasteiger partial charge < -0.3 is 14.0 Å². The maximum atomic E-state index is 10.2. The molecule has 0 aromatic heterocycles. The van der Waals surface area contributed by atoms with Crippen molar-refractivity contribution in [1.29, 1.82) is 0 Å². The van der Waals surface area contributed by atoms with Gasteiger partial charge in [0.15, 0.2) is 0 Å². The molecule has 0 amide bonds. The molecule has 1 atom stereocenters. The summed E-state index contributed by atoms with van der Waals surface area (Å²) < 4.78 is 14.5. The van der Waals surface area contributed by atoms with E-state index >= 15 is 0 Å².